The van der Waals surface area contributed by atoms with Crippen LogP contribution in [0, 0.1) is 28.5 Å². The van der Waals surface area contributed by atoms with E-state index in [1.807, 2.05) is 12.1 Å². The van der Waals surface area contributed by atoms with Crippen molar-refractivity contribution in [2.75, 3.05) is 25.9 Å². The lowest BCUT2D eigenvalue weighted by molar-refractivity contribution is -0.0726. The van der Waals surface area contributed by atoms with Crippen LogP contribution < -0.4 is 5.73 Å². The number of fused-ring (bicyclic) bond motifs is 1. The Hall–Kier alpha value is -3.50. The van der Waals surface area contributed by atoms with Gasteiger partial charge in [-0.1, -0.05) is 122 Å². The summed E-state index contributed by atoms with van der Waals surface area (Å²) in [5, 5.41) is 45.5. The third-order valence-corrected chi connectivity index (χ3v) is 12.7. The first-order chi connectivity index (χ1) is 28.4. The Labute approximate surface area is 349 Å². The molecule has 2 aromatic heterocycles. The highest BCUT2D eigenvalue weighted by molar-refractivity contribution is 7.50. The summed E-state index contributed by atoms with van der Waals surface area (Å²) < 4.78 is 47.7. The summed E-state index contributed by atoms with van der Waals surface area (Å²) in [6, 6.07) is 10.9. The fraction of sp³-hybridized carbons (Fsp3) is 0.674. The van der Waals surface area contributed by atoms with Crippen LogP contribution in [0.15, 0.2) is 36.7 Å². The number of nitrogens with zero attached hydrogens (tertiary/aromatic N) is 6. The first-order valence-corrected chi connectivity index (χ1v) is 23.0. The molecule has 0 aliphatic carbocycles. The second-order valence-electron chi connectivity index (χ2n) is 16.0. The number of nitrogen functional groups attached to an aromatic ring is 1. The fourth-order valence-electron chi connectivity index (χ4n) is 7.67. The molecule has 14 nitrogen and oxygen atoms in total. The highest BCUT2D eigenvalue weighted by Crippen LogP contribution is 2.49. The minimum atomic E-state index is -4.63. The van der Waals surface area contributed by atoms with Crippen LogP contribution in [0.1, 0.15) is 152 Å². The molecular weight excluding hydrogens is 776 g/mol. The Kier molecular flexibility index (Phi) is 20.2. The van der Waals surface area contributed by atoms with Crippen molar-refractivity contribution in [2.45, 2.75) is 166 Å². The SMILES string of the molecule is CCCCCCCCCCCCCCCCCCCC[C@H](CN(C)P(=O)(O)OC[C@@]1(C#N)O[C@@H](c2ccc3c(N)ncnn23)[C@H](O)[C@@H]1O)OCc1cc(F)cc(C#N)c1. The number of rotatable bonds is 29. The van der Waals surface area contributed by atoms with Crippen LogP contribution in [-0.2, 0) is 25.2 Å². The quantitative estimate of drug-likeness (QED) is 0.0382. The molecule has 1 fully saturated rings. The molecule has 326 valence electrons. The van der Waals surface area contributed by atoms with Gasteiger partial charge in [-0.2, -0.15) is 15.6 Å². The van der Waals surface area contributed by atoms with Gasteiger partial charge in [-0.3, -0.25) is 4.52 Å². The molecule has 6 atom stereocenters. The van der Waals surface area contributed by atoms with Crippen LogP contribution >= 0.6 is 7.75 Å². The van der Waals surface area contributed by atoms with E-state index in [2.05, 4.69) is 17.0 Å². The van der Waals surface area contributed by atoms with Gasteiger partial charge >= 0.3 is 7.75 Å². The van der Waals surface area contributed by atoms with Gasteiger partial charge in [-0.05, 0) is 49.4 Å². The van der Waals surface area contributed by atoms with Gasteiger partial charge in [0, 0.05) is 6.54 Å². The van der Waals surface area contributed by atoms with Gasteiger partial charge in [0.05, 0.1) is 30.0 Å². The normalized spacial score (nSPS) is 20.8. The molecule has 16 heteroatoms. The number of nitrogens with two attached hydrogens (primary N) is 1. The van der Waals surface area contributed by atoms with Gasteiger partial charge in [-0.25, -0.2) is 23.1 Å². The number of hydrogen-bond donors (Lipinski definition) is 4. The van der Waals surface area contributed by atoms with Crippen molar-refractivity contribution in [1.29, 1.82) is 10.5 Å². The van der Waals surface area contributed by atoms with E-state index in [4.69, 9.17) is 19.7 Å². The number of benzene rings is 1. The van der Waals surface area contributed by atoms with Crippen molar-refractivity contribution in [3.63, 3.8) is 0 Å². The molecule has 0 spiro atoms. The lowest BCUT2D eigenvalue weighted by Gasteiger charge is -2.30. The molecule has 1 unspecified atom stereocenters. The average molecular weight is 842 g/mol. The lowest BCUT2D eigenvalue weighted by Crippen LogP contribution is -2.46. The zero-order valence-corrected chi connectivity index (χ0v) is 35.8. The first-order valence-electron chi connectivity index (χ1n) is 21.5. The first kappa shape index (κ1) is 48.2. The molecule has 1 saturated heterocycles. The monoisotopic (exact) mass is 841 g/mol. The van der Waals surface area contributed by atoms with Gasteiger partial charge in [-0.15, -0.1) is 0 Å². The number of likely N-dealkylation sites (N-methyl/N-ethyl adjacent to an activating group) is 1. The maximum absolute atomic E-state index is 14.2. The molecule has 4 rings (SSSR count). The molecule has 0 bridgehead atoms. The van der Waals surface area contributed by atoms with Crippen molar-refractivity contribution in [2.24, 2.45) is 0 Å². The molecule has 1 aliphatic rings. The minimum Gasteiger partial charge on any atom is -0.387 e. The molecule has 1 aliphatic heterocycles. The number of halogens is 1. The van der Waals surface area contributed by atoms with Crippen LogP contribution in [0.3, 0.4) is 0 Å². The number of anilines is 1. The zero-order chi connectivity index (χ0) is 42.7. The summed E-state index contributed by atoms with van der Waals surface area (Å²) in [5.74, 6) is -0.394. The minimum absolute atomic E-state index is 0.0254. The van der Waals surface area contributed by atoms with Crippen molar-refractivity contribution >= 4 is 19.1 Å². The molecule has 0 radical (unpaired) electrons. The number of unbranched alkanes of at least 4 members (excludes halogenated alkanes) is 17. The molecule has 0 amide bonds. The third-order valence-electron chi connectivity index (χ3n) is 11.2. The molecule has 1 aromatic carbocycles. The smallest absolute Gasteiger partial charge is 0.387 e. The van der Waals surface area contributed by atoms with Gasteiger partial charge < -0.3 is 30.3 Å². The second kappa shape index (κ2) is 24.7. The molecule has 3 aromatic rings. The third kappa shape index (κ3) is 14.6. The van der Waals surface area contributed by atoms with E-state index in [-0.39, 0.29) is 30.2 Å². The van der Waals surface area contributed by atoms with E-state index in [0.29, 0.717) is 17.5 Å². The number of aliphatic hydroxyl groups excluding tert-OH is 2. The van der Waals surface area contributed by atoms with E-state index in [1.165, 1.54) is 120 Å². The number of aromatic nitrogens is 3. The second-order valence-corrected chi connectivity index (χ2v) is 17.9. The number of aliphatic hydroxyl groups is 2. The van der Waals surface area contributed by atoms with Crippen LogP contribution in [0.25, 0.3) is 5.52 Å². The predicted octanol–water partition coefficient (Wildman–Crippen LogP) is 8.44. The maximum atomic E-state index is 14.2. The van der Waals surface area contributed by atoms with Crippen molar-refractivity contribution in [3.05, 3.63) is 59.3 Å². The summed E-state index contributed by atoms with van der Waals surface area (Å²) in [7, 11) is -3.25. The van der Waals surface area contributed by atoms with Gasteiger partial charge in [0.15, 0.2) is 5.82 Å². The predicted molar refractivity (Wildman–Crippen MR) is 223 cm³/mol. The molecule has 59 heavy (non-hydrogen) atoms. The Bertz CT molecular complexity index is 1850. The molecular formula is C43H65FN7O7P. The number of ether oxygens (including phenoxy) is 2. The highest BCUT2D eigenvalue weighted by atomic mass is 31.2. The molecule has 3 heterocycles. The van der Waals surface area contributed by atoms with E-state index in [1.54, 1.807) is 12.1 Å². The standard InChI is InChI=1S/C43H65FN7O7P/c1-3-4-5-6-7-8-9-10-11-12-13-14-15-16-17-18-19-20-21-36(56-29-34-24-33(27-45)25-35(44)26-34)28-50(2)59(54,55)57-31-43(30-46)41(53)39(52)40(58-43)37-22-23-38-42(47)48-32-49-51(37)38/h22-26,32,36,39-41,52-53H,3-21,28-29,31H2,1-2H3,(H,54,55)(H2,47,48,49)/t36-,39+,40+,41+,43-/m1/s1. The Morgan fingerprint density at radius 2 is 1.56 bits per heavy atom. The largest absolute Gasteiger partial charge is 0.405 e. The fourth-order valence-corrected chi connectivity index (χ4v) is 8.61. The number of nitriles is 2. The Balaban J connectivity index is 1.24. The zero-order valence-electron chi connectivity index (χ0n) is 34.9. The Morgan fingerprint density at radius 3 is 2.14 bits per heavy atom. The van der Waals surface area contributed by atoms with Gasteiger partial charge in [0.2, 0.25) is 5.60 Å². The van der Waals surface area contributed by atoms with Crippen LogP contribution in [0.2, 0.25) is 0 Å². The van der Waals surface area contributed by atoms with E-state index in [0.717, 1.165) is 36.4 Å². The highest BCUT2D eigenvalue weighted by Gasteiger charge is 2.57. The summed E-state index contributed by atoms with van der Waals surface area (Å²) >= 11 is 0. The lowest BCUT2D eigenvalue weighted by atomic mass is 9.96. The van der Waals surface area contributed by atoms with Gasteiger partial charge in [0.1, 0.15) is 48.6 Å². The van der Waals surface area contributed by atoms with Crippen LogP contribution in [-0.4, -0.2) is 78.5 Å². The number of hydrogen-bond acceptors (Lipinski definition) is 11. The maximum Gasteiger partial charge on any atom is 0.405 e. The van der Waals surface area contributed by atoms with Crippen LogP contribution in [0.5, 0.6) is 0 Å². The van der Waals surface area contributed by atoms with Crippen molar-refractivity contribution in [3.8, 4) is 12.1 Å². The van der Waals surface area contributed by atoms with Crippen molar-refractivity contribution in [1.82, 2.24) is 19.3 Å². The molecule has 5 N–H and O–H groups in total. The van der Waals surface area contributed by atoms with Gasteiger partial charge in [0.25, 0.3) is 0 Å². The summed E-state index contributed by atoms with van der Waals surface area (Å²) in [5.41, 5.74) is 5.04. The summed E-state index contributed by atoms with van der Waals surface area (Å²) in [6.45, 7) is 1.33. The van der Waals surface area contributed by atoms with Crippen LogP contribution in [0.4, 0.5) is 10.2 Å². The summed E-state index contributed by atoms with van der Waals surface area (Å²) in [6.07, 6.45) is 19.0. The average Bonchev–Trinajstić information content (AvgIpc) is 3.77. The topological polar surface area (TPSA) is 212 Å². The van der Waals surface area contributed by atoms with E-state index >= 15 is 0 Å². The van der Waals surface area contributed by atoms with E-state index in [9.17, 15) is 34.6 Å². The van der Waals surface area contributed by atoms with E-state index < -0.39 is 50.2 Å². The Morgan fingerprint density at radius 1 is 0.966 bits per heavy atom. The summed E-state index contributed by atoms with van der Waals surface area (Å²) in [4.78, 5) is 15.0. The van der Waals surface area contributed by atoms with Crippen molar-refractivity contribution < 1.29 is 38.1 Å². The molecule has 0 saturated carbocycles.